The lowest BCUT2D eigenvalue weighted by molar-refractivity contribution is -0.147. The highest BCUT2D eigenvalue weighted by Gasteiger charge is 2.09. The number of aromatic hydroxyl groups is 1. The fourth-order valence-corrected chi connectivity index (χ4v) is 3.58. The Hall–Kier alpha value is -3.13. The standard InChI is InChI=1S/C23H26N2O5S/c1-15(2)22(27)30-11-9-17-3-6-18(24-14-17)10-12-29-19-7-4-16(5-8-19)13-20-21(26)25-23(28)31-20/h3-8,14-15,26H,9-13H2,1-2H3,(H,25,28). The molecule has 0 bridgehead atoms. The lowest BCUT2D eigenvalue weighted by Crippen LogP contribution is -2.13. The lowest BCUT2D eigenvalue weighted by atomic mass is 10.1. The van der Waals surface area contributed by atoms with Crippen molar-refractivity contribution in [2.45, 2.75) is 33.1 Å². The van der Waals surface area contributed by atoms with E-state index in [-0.39, 0.29) is 22.6 Å². The Labute approximate surface area is 184 Å². The van der Waals surface area contributed by atoms with Gasteiger partial charge in [0.05, 0.1) is 24.0 Å². The number of pyridine rings is 1. The molecule has 0 radical (unpaired) electrons. The number of rotatable bonds is 10. The highest BCUT2D eigenvalue weighted by molar-refractivity contribution is 7.09. The van der Waals surface area contributed by atoms with E-state index in [1.54, 1.807) is 6.20 Å². The van der Waals surface area contributed by atoms with Crippen molar-refractivity contribution in [3.8, 4) is 11.6 Å². The zero-order valence-corrected chi connectivity index (χ0v) is 18.4. The summed E-state index contributed by atoms with van der Waals surface area (Å²) in [5, 5.41) is 9.68. The number of nitrogens with one attached hydrogen (secondary N) is 1. The summed E-state index contributed by atoms with van der Waals surface area (Å²) in [6.07, 6.45) is 3.61. The third kappa shape index (κ3) is 6.96. The first-order valence-electron chi connectivity index (χ1n) is 10.1. The van der Waals surface area contributed by atoms with Gasteiger partial charge in [-0.2, -0.15) is 0 Å². The molecule has 0 spiro atoms. The Morgan fingerprint density at radius 2 is 1.84 bits per heavy atom. The lowest BCUT2D eigenvalue weighted by Gasteiger charge is -2.08. The molecule has 8 heteroatoms. The van der Waals surface area contributed by atoms with Crippen LogP contribution in [0.4, 0.5) is 0 Å². The zero-order valence-electron chi connectivity index (χ0n) is 17.6. The molecule has 0 fully saturated rings. The van der Waals surface area contributed by atoms with Crippen LogP contribution < -0.4 is 9.61 Å². The molecule has 1 aromatic carbocycles. The maximum atomic E-state index is 11.5. The van der Waals surface area contributed by atoms with Crippen molar-refractivity contribution in [2.24, 2.45) is 5.92 Å². The average molecular weight is 443 g/mol. The third-order valence-electron chi connectivity index (χ3n) is 4.61. The Kier molecular flexibility index (Phi) is 7.83. The summed E-state index contributed by atoms with van der Waals surface area (Å²) >= 11 is 1.01. The van der Waals surface area contributed by atoms with Crippen LogP contribution in [0.2, 0.25) is 0 Å². The summed E-state index contributed by atoms with van der Waals surface area (Å²) < 4.78 is 11.0. The van der Waals surface area contributed by atoms with E-state index in [2.05, 4.69) is 9.97 Å². The van der Waals surface area contributed by atoms with E-state index in [0.29, 0.717) is 37.4 Å². The number of hydrogen-bond donors (Lipinski definition) is 2. The molecule has 2 heterocycles. The molecule has 3 rings (SSSR count). The number of benzene rings is 1. The van der Waals surface area contributed by atoms with Crippen molar-refractivity contribution in [1.82, 2.24) is 9.97 Å². The van der Waals surface area contributed by atoms with Gasteiger partial charge in [0.2, 0.25) is 5.88 Å². The molecule has 0 saturated heterocycles. The Bertz CT molecular complexity index is 1040. The van der Waals surface area contributed by atoms with Gasteiger partial charge in [0.15, 0.2) is 0 Å². The van der Waals surface area contributed by atoms with Crippen molar-refractivity contribution >= 4 is 17.3 Å². The molecule has 0 unspecified atom stereocenters. The van der Waals surface area contributed by atoms with Gasteiger partial charge in [-0.1, -0.05) is 43.4 Å². The van der Waals surface area contributed by atoms with Gasteiger partial charge < -0.3 is 14.6 Å². The number of nitrogens with zero attached hydrogens (tertiary/aromatic N) is 1. The first-order chi connectivity index (χ1) is 14.9. The van der Waals surface area contributed by atoms with Crippen LogP contribution in [0.15, 0.2) is 47.4 Å². The monoisotopic (exact) mass is 442 g/mol. The topological polar surface area (TPSA) is 102 Å². The third-order valence-corrected chi connectivity index (χ3v) is 5.48. The number of aromatic nitrogens is 2. The molecule has 7 nitrogen and oxygen atoms in total. The van der Waals surface area contributed by atoms with E-state index in [4.69, 9.17) is 9.47 Å². The smallest absolute Gasteiger partial charge is 0.308 e. The minimum Gasteiger partial charge on any atom is -0.494 e. The van der Waals surface area contributed by atoms with Gasteiger partial charge in [-0.15, -0.1) is 0 Å². The minimum absolute atomic E-state index is 0.0644. The molecule has 0 atom stereocenters. The zero-order chi connectivity index (χ0) is 22.2. The molecule has 3 aromatic rings. The maximum absolute atomic E-state index is 11.5. The molecular formula is C23H26N2O5S. The summed E-state index contributed by atoms with van der Waals surface area (Å²) in [5.74, 6) is 0.385. The number of carbonyl (C=O) groups is 1. The van der Waals surface area contributed by atoms with Gasteiger partial charge >= 0.3 is 10.8 Å². The average Bonchev–Trinajstić information content (AvgIpc) is 3.07. The van der Waals surface area contributed by atoms with Gasteiger partial charge in [-0.05, 0) is 29.3 Å². The van der Waals surface area contributed by atoms with E-state index in [1.165, 1.54) is 0 Å². The predicted molar refractivity (Wildman–Crippen MR) is 119 cm³/mol. The number of hydrogen-bond acceptors (Lipinski definition) is 7. The van der Waals surface area contributed by atoms with Crippen LogP contribution in [-0.2, 0) is 28.8 Å². The van der Waals surface area contributed by atoms with Crippen LogP contribution in [0.1, 0.15) is 35.5 Å². The molecule has 31 heavy (non-hydrogen) atoms. The van der Waals surface area contributed by atoms with E-state index in [1.807, 2.05) is 50.2 Å². The van der Waals surface area contributed by atoms with Crippen molar-refractivity contribution < 1.29 is 19.4 Å². The first-order valence-corrected chi connectivity index (χ1v) is 11.0. The highest BCUT2D eigenvalue weighted by atomic mass is 32.1. The Morgan fingerprint density at radius 3 is 2.45 bits per heavy atom. The number of thiazole rings is 1. The number of ether oxygens (including phenoxy) is 2. The van der Waals surface area contributed by atoms with Gasteiger partial charge in [0.25, 0.3) is 0 Å². The van der Waals surface area contributed by atoms with Crippen LogP contribution in [-0.4, -0.2) is 34.3 Å². The van der Waals surface area contributed by atoms with E-state index >= 15 is 0 Å². The van der Waals surface area contributed by atoms with Crippen molar-refractivity contribution in [1.29, 1.82) is 0 Å². The fraction of sp³-hybridized carbons (Fsp3) is 0.348. The summed E-state index contributed by atoms with van der Waals surface area (Å²) in [6, 6.07) is 11.5. The summed E-state index contributed by atoms with van der Waals surface area (Å²) in [6.45, 7) is 4.49. The van der Waals surface area contributed by atoms with Gasteiger partial charge in [0.1, 0.15) is 5.75 Å². The van der Waals surface area contributed by atoms with Crippen molar-refractivity contribution in [2.75, 3.05) is 13.2 Å². The fourth-order valence-electron chi connectivity index (χ4n) is 2.82. The van der Waals surface area contributed by atoms with Crippen LogP contribution in [0, 0.1) is 5.92 Å². The Morgan fingerprint density at radius 1 is 1.10 bits per heavy atom. The van der Waals surface area contributed by atoms with Crippen LogP contribution in [0.3, 0.4) is 0 Å². The molecule has 2 N–H and O–H groups in total. The molecular weight excluding hydrogens is 416 g/mol. The second kappa shape index (κ2) is 10.8. The summed E-state index contributed by atoms with van der Waals surface area (Å²) in [7, 11) is 0. The molecule has 0 amide bonds. The number of esters is 1. The van der Waals surface area contributed by atoms with Crippen LogP contribution >= 0.6 is 11.3 Å². The summed E-state index contributed by atoms with van der Waals surface area (Å²) in [5.41, 5.74) is 2.93. The molecule has 2 aromatic heterocycles. The number of carbonyl (C=O) groups excluding carboxylic acids is 1. The molecule has 0 aliphatic carbocycles. The maximum Gasteiger partial charge on any atom is 0.308 e. The molecule has 0 aliphatic heterocycles. The van der Waals surface area contributed by atoms with Crippen LogP contribution in [0.25, 0.3) is 0 Å². The van der Waals surface area contributed by atoms with Gasteiger partial charge in [0, 0.05) is 31.2 Å². The SMILES string of the molecule is CC(C)C(=O)OCCc1ccc(CCOc2ccc(Cc3sc(=O)[nH]c3O)cc2)nc1. The quantitative estimate of drug-likeness (QED) is 0.466. The summed E-state index contributed by atoms with van der Waals surface area (Å²) in [4.78, 5) is 29.9. The van der Waals surface area contributed by atoms with E-state index in [9.17, 15) is 14.7 Å². The Balaban J connectivity index is 1.41. The van der Waals surface area contributed by atoms with Crippen LogP contribution in [0.5, 0.6) is 11.6 Å². The molecule has 164 valence electrons. The number of H-pyrrole nitrogens is 1. The van der Waals surface area contributed by atoms with E-state index < -0.39 is 0 Å². The van der Waals surface area contributed by atoms with E-state index in [0.717, 1.165) is 33.9 Å². The van der Waals surface area contributed by atoms with Crippen molar-refractivity contribution in [3.05, 3.63) is 74.0 Å². The molecule has 0 saturated carbocycles. The molecule has 0 aliphatic rings. The predicted octanol–water partition coefficient (Wildman–Crippen LogP) is 3.49. The first kappa shape index (κ1) is 22.6. The van der Waals surface area contributed by atoms with Crippen molar-refractivity contribution in [3.63, 3.8) is 0 Å². The van der Waals surface area contributed by atoms with Gasteiger partial charge in [-0.25, -0.2) is 0 Å². The number of aromatic amines is 1. The van der Waals surface area contributed by atoms with Gasteiger partial charge in [-0.3, -0.25) is 19.6 Å². The second-order valence-electron chi connectivity index (χ2n) is 7.44. The largest absolute Gasteiger partial charge is 0.494 e. The second-order valence-corrected chi connectivity index (χ2v) is 8.50. The highest BCUT2D eigenvalue weighted by Crippen LogP contribution is 2.21. The minimum atomic E-state index is -0.261. The normalized spacial score (nSPS) is 10.9.